The summed E-state index contributed by atoms with van der Waals surface area (Å²) < 4.78 is 5.14. The second-order valence-corrected chi connectivity index (χ2v) is 2.09. The van der Waals surface area contributed by atoms with Crippen LogP contribution in [0, 0.1) is 0 Å². The van der Waals surface area contributed by atoms with Crippen LogP contribution in [0.4, 0.5) is 0 Å². The van der Waals surface area contributed by atoms with Crippen molar-refractivity contribution in [1.29, 1.82) is 0 Å². The Morgan fingerprint density at radius 2 is 2.67 bits per heavy atom. The average molecular weight is 128 g/mol. The van der Waals surface area contributed by atoms with Crippen molar-refractivity contribution in [3.63, 3.8) is 0 Å². The lowest BCUT2D eigenvalue weighted by molar-refractivity contribution is 0.323. The maximum Gasteiger partial charge on any atom is 0.284 e. The predicted octanol–water partition coefficient (Wildman–Crippen LogP) is 0.371. The highest BCUT2D eigenvalue weighted by Crippen LogP contribution is 2.00. The number of ether oxygens (including phenoxy) is 1. The molecule has 0 spiro atoms. The van der Waals surface area contributed by atoms with Crippen LogP contribution in [0.5, 0.6) is 0 Å². The van der Waals surface area contributed by atoms with E-state index in [0.717, 1.165) is 13.0 Å². The fourth-order valence-electron chi connectivity index (χ4n) is 0.786. The lowest BCUT2D eigenvalue weighted by Crippen LogP contribution is -2.25. The van der Waals surface area contributed by atoms with E-state index in [0.29, 0.717) is 12.1 Å². The molecule has 1 atom stereocenters. The highest BCUT2D eigenvalue weighted by Gasteiger charge is 2.17. The van der Waals surface area contributed by atoms with Gasteiger partial charge in [-0.2, -0.15) is 0 Å². The summed E-state index contributed by atoms with van der Waals surface area (Å²) >= 11 is 0. The van der Waals surface area contributed by atoms with E-state index in [2.05, 4.69) is 17.2 Å². The van der Waals surface area contributed by atoms with Crippen LogP contribution in [-0.2, 0) is 4.74 Å². The summed E-state index contributed by atoms with van der Waals surface area (Å²) in [5.74, 6) is 0. The Labute approximate surface area is 55.1 Å². The smallest absolute Gasteiger partial charge is 0.284 e. The van der Waals surface area contributed by atoms with Gasteiger partial charge < -0.3 is 10.1 Å². The monoisotopic (exact) mass is 128 g/mol. The second-order valence-electron chi connectivity index (χ2n) is 2.09. The van der Waals surface area contributed by atoms with Gasteiger partial charge >= 0.3 is 0 Å². The van der Waals surface area contributed by atoms with Crippen molar-refractivity contribution in [2.75, 3.05) is 13.7 Å². The molecule has 3 nitrogen and oxygen atoms in total. The van der Waals surface area contributed by atoms with Crippen molar-refractivity contribution in [2.24, 2.45) is 4.99 Å². The summed E-state index contributed by atoms with van der Waals surface area (Å²) in [6, 6.07) is 1.16. The molecule has 0 aromatic carbocycles. The lowest BCUT2D eigenvalue weighted by atomic mass is 10.3. The molecule has 0 aromatic heterocycles. The Morgan fingerprint density at radius 3 is 3.00 bits per heavy atom. The minimum Gasteiger partial charge on any atom is -0.463 e. The molecule has 1 aliphatic heterocycles. The predicted molar refractivity (Wildman–Crippen MR) is 36.5 cm³/mol. The Balaban J connectivity index is 2.38. The highest BCUT2D eigenvalue weighted by atomic mass is 16.5. The fourth-order valence-corrected chi connectivity index (χ4v) is 0.786. The van der Waals surface area contributed by atoms with Gasteiger partial charge in [-0.05, 0) is 6.42 Å². The normalized spacial score (nSPS) is 30.0. The molecular formula is C6H12N2O. The number of nitrogens with zero attached hydrogens (tertiary/aromatic N) is 1. The molecule has 0 aliphatic carbocycles. The van der Waals surface area contributed by atoms with E-state index in [9.17, 15) is 0 Å². The zero-order valence-corrected chi connectivity index (χ0v) is 5.85. The largest absolute Gasteiger partial charge is 0.463 e. The van der Waals surface area contributed by atoms with Crippen molar-refractivity contribution in [3.8, 4) is 0 Å². The third-order valence-electron chi connectivity index (χ3n) is 1.44. The van der Waals surface area contributed by atoms with E-state index in [1.807, 2.05) is 0 Å². The lowest BCUT2D eigenvalue weighted by Gasteiger charge is -1.99. The molecule has 1 N–H and O–H groups in total. The van der Waals surface area contributed by atoms with E-state index in [-0.39, 0.29) is 0 Å². The molecule has 0 bridgehead atoms. The Kier molecular flexibility index (Phi) is 1.92. The molecule has 1 heterocycles. The number of hydrogen-bond donors (Lipinski definition) is 1. The molecule has 1 aliphatic rings. The van der Waals surface area contributed by atoms with Gasteiger partial charge in [0.2, 0.25) is 0 Å². The van der Waals surface area contributed by atoms with E-state index >= 15 is 0 Å². The number of rotatable bonds is 1. The van der Waals surface area contributed by atoms with Gasteiger partial charge in [-0.25, -0.2) is 4.99 Å². The first-order chi connectivity index (χ1) is 4.36. The first kappa shape index (κ1) is 6.39. The minimum atomic E-state index is 0.476. The number of amidine groups is 1. The summed E-state index contributed by atoms with van der Waals surface area (Å²) in [5.41, 5.74) is 0. The van der Waals surface area contributed by atoms with Crippen molar-refractivity contribution < 1.29 is 4.74 Å². The van der Waals surface area contributed by atoms with Gasteiger partial charge in [-0.15, -0.1) is 0 Å². The highest BCUT2D eigenvalue weighted by molar-refractivity contribution is 5.75. The second kappa shape index (κ2) is 2.71. The molecule has 1 rings (SSSR count). The van der Waals surface area contributed by atoms with Gasteiger partial charge in [0.15, 0.2) is 0 Å². The topological polar surface area (TPSA) is 33.6 Å². The van der Waals surface area contributed by atoms with Gasteiger partial charge in [0, 0.05) is 7.05 Å². The van der Waals surface area contributed by atoms with Gasteiger partial charge in [-0.1, -0.05) is 6.92 Å². The summed E-state index contributed by atoms with van der Waals surface area (Å²) in [5, 5.41) is 3.12. The summed E-state index contributed by atoms with van der Waals surface area (Å²) in [6.07, 6.45) is 1.10. The van der Waals surface area contributed by atoms with Crippen molar-refractivity contribution in [2.45, 2.75) is 19.4 Å². The SMILES string of the molecule is CCC1COC(=NC)N1. The molecule has 1 saturated heterocycles. The van der Waals surface area contributed by atoms with E-state index in [1.165, 1.54) is 0 Å². The molecule has 0 saturated carbocycles. The first-order valence-corrected chi connectivity index (χ1v) is 3.23. The van der Waals surface area contributed by atoms with Crippen molar-refractivity contribution in [1.82, 2.24) is 5.32 Å². The van der Waals surface area contributed by atoms with E-state index in [4.69, 9.17) is 4.74 Å². The Bertz CT molecular complexity index is 122. The summed E-state index contributed by atoms with van der Waals surface area (Å²) in [6.45, 7) is 2.89. The molecule has 3 heteroatoms. The van der Waals surface area contributed by atoms with Gasteiger partial charge in [0.05, 0.1) is 6.04 Å². The summed E-state index contributed by atoms with van der Waals surface area (Å²) in [7, 11) is 1.72. The van der Waals surface area contributed by atoms with E-state index < -0.39 is 0 Å². The minimum absolute atomic E-state index is 0.476. The zero-order valence-electron chi connectivity index (χ0n) is 5.85. The van der Waals surface area contributed by atoms with Gasteiger partial charge in [0.25, 0.3) is 6.02 Å². The fraction of sp³-hybridized carbons (Fsp3) is 0.833. The maximum atomic E-state index is 5.14. The van der Waals surface area contributed by atoms with Crippen LogP contribution in [0.2, 0.25) is 0 Å². The molecular weight excluding hydrogens is 116 g/mol. The van der Waals surface area contributed by atoms with Gasteiger partial charge in [-0.3, -0.25) is 0 Å². The molecule has 52 valence electrons. The molecule has 0 amide bonds. The van der Waals surface area contributed by atoms with Crippen LogP contribution in [0.25, 0.3) is 0 Å². The van der Waals surface area contributed by atoms with Crippen molar-refractivity contribution in [3.05, 3.63) is 0 Å². The van der Waals surface area contributed by atoms with Crippen LogP contribution in [0.15, 0.2) is 4.99 Å². The third kappa shape index (κ3) is 1.34. The molecule has 1 unspecified atom stereocenters. The van der Waals surface area contributed by atoms with Gasteiger partial charge in [0.1, 0.15) is 6.61 Å². The van der Waals surface area contributed by atoms with Crippen LogP contribution < -0.4 is 5.32 Å². The summed E-state index contributed by atoms with van der Waals surface area (Å²) in [4.78, 5) is 3.87. The Hall–Kier alpha value is -0.730. The number of hydrogen-bond acceptors (Lipinski definition) is 2. The zero-order chi connectivity index (χ0) is 6.69. The third-order valence-corrected chi connectivity index (χ3v) is 1.44. The number of aliphatic imine (C=N–C) groups is 1. The van der Waals surface area contributed by atoms with Crippen LogP contribution in [0.1, 0.15) is 13.3 Å². The van der Waals surface area contributed by atoms with E-state index in [1.54, 1.807) is 7.05 Å². The van der Waals surface area contributed by atoms with Crippen LogP contribution in [-0.4, -0.2) is 25.7 Å². The van der Waals surface area contributed by atoms with Crippen molar-refractivity contribution >= 4 is 6.02 Å². The quantitative estimate of drug-likeness (QED) is 0.553. The maximum absolute atomic E-state index is 5.14. The molecule has 9 heavy (non-hydrogen) atoms. The molecule has 0 aromatic rings. The van der Waals surface area contributed by atoms with Crippen LogP contribution in [0.3, 0.4) is 0 Å². The standard InChI is InChI=1S/C6H12N2O/c1-3-5-4-9-6(7-2)8-5/h5H,3-4H2,1-2H3,(H,7,8). The first-order valence-electron chi connectivity index (χ1n) is 3.23. The Morgan fingerprint density at radius 1 is 1.89 bits per heavy atom. The molecule has 0 radical (unpaired) electrons. The average Bonchev–Trinajstić information content (AvgIpc) is 2.34. The van der Waals surface area contributed by atoms with Crippen LogP contribution >= 0.6 is 0 Å². The number of nitrogens with one attached hydrogen (secondary N) is 1. The molecule has 1 fully saturated rings.